The van der Waals surface area contributed by atoms with Gasteiger partial charge in [-0.2, -0.15) is 0 Å². The van der Waals surface area contributed by atoms with E-state index in [0.717, 1.165) is 17.1 Å². The van der Waals surface area contributed by atoms with Crippen molar-refractivity contribution in [2.24, 2.45) is 0 Å². The maximum absolute atomic E-state index is 12.3. The number of urea groups is 1. The number of carbonyl (C=O) groups excluding carboxylic acids is 2. The van der Waals surface area contributed by atoms with Crippen LogP contribution in [0.4, 0.5) is 4.79 Å². The molecule has 1 aromatic carbocycles. The predicted octanol–water partition coefficient (Wildman–Crippen LogP) is 3.14. The molecule has 1 heterocycles. The quantitative estimate of drug-likeness (QED) is 0.691. The normalized spacial score (nSPS) is 18.0. The average molecular weight is 468 g/mol. The molecular weight excluding hydrogens is 448 g/mol. The number of hydrogen-bond donors (Lipinski definition) is 1. The van der Waals surface area contributed by atoms with E-state index in [9.17, 15) is 9.59 Å². The van der Waals surface area contributed by atoms with E-state index >= 15 is 0 Å². The number of carbonyl (C=O) groups is 1. The van der Waals surface area contributed by atoms with E-state index in [2.05, 4.69) is 5.32 Å². The monoisotopic (exact) mass is 468 g/mol. The van der Waals surface area contributed by atoms with Gasteiger partial charge in [0.2, 0.25) is 0 Å². The van der Waals surface area contributed by atoms with Crippen molar-refractivity contribution in [1.82, 2.24) is 10.2 Å². The van der Waals surface area contributed by atoms with Crippen LogP contribution in [0.2, 0.25) is 0 Å². The van der Waals surface area contributed by atoms with Crippen molar-refractivity contribution in [2.75, 3.05) is 0 Å². The van der Waals surface area contributed by atoms with Gasteiger partial charge in [-0.25, -0.2) is 5.70 Å². The minimum absolute atomic E-state index is 0. The van der Waals surface area contributed by atoms with Crippen LogP contribution in [0.1, 0.15) is 39.3 Å². The Morgan fingerprint density at radius 1 is 1.23 bits per heavy atom. The van der Waals surface area contributed by atoms with Crippen LogP contribution in [0.25, 0.3) is 0 Å². The van der Waals surface area contributed by atoms with E-state index in [0.29, 0.717) is 0 Å². The molecule has 2 amide bonds. The second-order valence-electron chi connectivity index (χ2n) is 5.64. The molecule has 0 aliphatic carbocycles. The molecule has 4 nitrogen and oxygen atoms in total. The van der Waals surface area contributed by atoms with Gasteiger partial charge in [-0.15, -0.1) is 13.8 Å². The molecular formula is C17H20N2O2W. The summed E-state index contributed by atoms with van der Waals surface area (Å²) in [7, 11) is 0. The molecule has 1 N–H and O–H groups in total. The molecule has 0 spiro atoms. The fourth-order valence-electron chi connectivity index (χ4n) is 2.73. The Morgan fingerprint density at radius 2 is 1.82 bits per heavy atom. The first-order valence-electron chi connectivity index (χ1n) is 7.04. The summed E-state index contributed by atoms with van der Waals surface area (Å²) in [6.45, 7) is 7.82. The fourth-order valence-corrected chi connectivity index (χ4v) is 2.73. The molecule has 0 radical (unpaired) electrons. The molecule has 0 saturated carbocycles. The van der Waals surface area contributed by atoms with Crippen molar-refractivity contribution in [3.05, 3.63) is 53.1 Å². The second kappa shape index (κ2) is 7.64. The zero-order valence-corrected chi connectivity index (χ0v) is 16.1. The summed E-state index contributed by atoms with van der Waals surface area (Å²) in [5.74, 6) is 0.993. The zero-order chi connectivity index (χ0) is 15.6. The van der Waals surface area contributed by atoms with Gasteiger partial charge in [0.05, 0.1) is 0 Å². The minimum Gasteiger partial charge on any atom is -0.438 e. The Hall–Kier alpha value is -1.54. The van der Waals surface area contributed by atoms with Gasteiger partial charge in [0, 0.05) is 6.04 Å². The predicted molar refractivity (Wildman–Crippen MR) is 82.0 cm³/mol. The molecule has 0 aromatic heterocycles. The molecule has 2 rings (SSSR count). The third kappa shape index (κ3) is 3.44. The van der Waals surface area contributed by atoms with Crippen LogP contribution >= 0.6 is 0 Å². The van der Waals surface area contributed by atoms with Crippen molar-refractivity contribution in [3.63, 3.8) is 0 Å². The van der Waals surface area contributed by atoms with Gasteiger partial charge in [-0.3, -0.25) is 10.7 Å². The topological polar surface area (TPSA) is 49.4 Å². The van der Waals surface area contributed by atoms with Gasteiger partial charge in [0.1, 0.15) is 0 Å². The Bertz CT molecular complexity index is 567. The van der Waals surface area contributed by atoms with Crippen LogP contribution < -0.4 is 5.32 Å². The third-order valence-electron chi connectivity index (χ3n) is 3.60. The molecule has 5 heteroatoms. The number of rotatable bonds is 4. The van der Waals surface area contributed by atoms with Gasteiger partial charge < -0.3 is 20.6 Å². The Balaban J connectivity index is 0.00000242. The summed E-state index contributed by atoms with van der Waals surface area (Å²) in [5.41, 5.74) is 2.06. The number of allylic oxidation sites excluding steroid dienone is 1. The molecule has 116 valence electrons. The average Bonchev–Trinajstić information content (AvgIpc) is 2.46. The number of benzene rings is 1. The van der Waals surface area contributed by atoms with E-state index in [-0.39, 0.29) is 44.9 Å². The molecule has 1 aromatic rings. The van der Waals surface area contributed by atoms with Crippen LogP contribution in [0.3, 0.4) is 0 Å². The van der Waals surface area contributed by atoms with E-state index in [1.807, 2.05) is 64.3 Å². The van der Waals surface area contributed by atoms with Crippen LogP contribution in [-0.4, -0.2) is 23.3 Å². The standard InChI is InChI=1S/C17H20N2O2.W/c1-11(2)15-14(10-20)18-17(21)19(12(3)4)16(15)13-8-6-5-7-9-13;/h5-9,12,16H,1-4H3,(H,18,21);/q-2;+2. The first-order chi connectivity index (χ1) is 9.97. The molecule has 1 aliphatic rings. The van der Waals surface area contributed by atoms with Crippen LogP contribution in [-0.2, 0) is 25.9 Å². The maximum atomic E-state index is 12.3. The summed E-state index contributed by atoms with van der Waals surface area (Å²) in [4.78, 5) is 25.4. The summed E-state index contributed by atoms with van der Waals surface area (Å²) in [6.07, 6.45) is 1.88. The van der Waals surface area contributed by atoms with E-state index in [1.165, 1.54) is 0 Å². The Morgan fingerprint density at radius 3 is 2.27 bits per heavy atom. The molecule has 22 heavy (non-hydrogen) atoms. The largest absolute Gasteiger partial charge is 2.00 e. The fraction of sp³-hybridized carbons (Fsp3) is 0.353. The van der Waals surface area contributed by atoms with Crippen molar-refractivity contribution >= 4 is 12.3 Å². The molecule has 0 bridgehead atoms. The summed E-state index contributed by atoms with van der Waals surface area (Å²) >= 11 is 0. The Kier molecular flexibility index (Phi) is 6.43. The van der Waals surface area contributed by atoms with Gasteiger partial charge in [-0.05, 0) is 25.5 Å². The van der Waals surface area contributed by atoms with Gasteiger partial charge in [0.25, 0.3) is 0 Å². The molecule has 1 unspecified atom stereocenters. The smallest absolute Gasteiger partial charge is 0.438 e. The van der Waals surface area contributed by atoms with Gasteiger partial charge in [-0.1, -0.05) is 36.6 Å². The van der Waals surface area contributed by atoms with Gasteiger partial charge >= 0.3 is 27.1 Å². The summed E-state index contributed by atoms with van der Waals surface area (Å²) < 4.78 is 0. The van der Waals surface area contributed by atoms with Crippen molar-refractivity contribution in [1.29, 1.82) is 0 Å². The van der Waals surface area contributed by atoms with E-state index in [1.54, 1.807) is 4.90 Å². The SMILES string of the molecule is C[C-](C)C1=C([C-]=O)NC(=O)N(C(C)C)C1c1ccccc1.[W+2]. The molecule has 0 saturated heterocycles. The van der Waals surface area contributed by atoms with Crippen LogP contribution in [0.15, 0.2) is 41.6 Å². The first kappa shape index (κ1) is 18.5. The van der Waals surface area contributed by atoms with Crippen molar-refractivity contribution < 1.29 is 30.7 Å². The third-order valence-corrected chi connectivity index (χ3v) is 3.60. The summed E-state index contributed by atoms with van der Waals surface area (Å²) in [5, 5.41) is 2.65. The molecule has 1 atom stereocenters. The number of nitrogens with zero attached hydrogens (tertiary/aromatic N) is 1. The zero-order valence-electron chi connectivity index (χ0n) is 13.2. The van der Waals surface area contributed by atoms with Crippen molar-refractivity contribution in [2.45, 2.75) is 39.8 Å². The van der Waals surface area contributed by atoms with Crippen molar-refractivity contribution in [3.8, 4) is 0 Å². The van der Waals surface area contributed by atoms with Crippen LogP contribution in [0, 0.1) is 5.92 Å². The maximum Gasteiger partial charge on any atom is 2.00 e. The number of amides is 2. The Labute approximate surface area is 146 Å². The second-order valence-corrected chi connectivity index (χ2v) is 5.64. The van der Waals surface area contributed by atoms with Crippen LogP contribution in [0.5, 0.6) is 0 Å². The molecule has 0 fully saturated rings. The number of nitrogens with one attached hydrogen (secondary N) is 1. The summed E-state index contributed by atoms with van der Waals surface area (Å²) in [6, 6.07) is 9.25. The minimum atomic E-state index is -0.263. The number of hydrogen-bond acceptors (Lipinski definition) is 2. The first-order valence-corrected chi connectivity index (χ1v) is 7.04. The molecule has 1 aliphatic heterocycles. The van der Waals surface area contributed by atoms with E-state index in [4.69, 9.17) is 0 Å². The van der Waals surface area contributed by atoms with E-state index < -0.39 is 0 Å². The van der Waals surface area contributed by atoms with Gasteiger partial charge in [0.15, 0.2) is 0 Å².